The van der Waals surface area contributed by atoms with Gasteiger partial charge in [-0.25, -0.2) is 0 Å². The molecule has 0 aromatic heterocycles. The van der Waals surface area contributed by atoms with E-state index >= 15 is 0 Å². The van der Waals surface area contributed by atoms with Gasteiger partial charge in [0.05, 0.1) is 0 Å². The molecule has 2 rings (SSSR count). The number of hydrogen-bond acceptors (Lipinski definition) is 2. The van der Waals surface area contributed by atoms with Gasteiger partial charge in [-0.05, 0) is 64.1 Å². The first-order chi connectivity index (χ1) is 7.24. The smallest absolute Gasteiger partial charge is 0.0293 e. The fourth-order valence-electron chi connectivity index (χ4n) is 2.91. The van der Waals surface area contributed by atoms with Crippen molar-refractivity contribution >= 4 is 0 Å². The molecule has 0 radical (unpaired) electrons. The lowest BCUT2D eigenvalue weighted by atomic mass is 9.83. The van der Waals surface area contributed by atoms with Crippen LogP contribution in [-0.4, -0.2) is 43.2 Å². The Morgan fingerprint density at radius 1 is 0.933 bits per heavy atom. The van der Waals surface area contributed by atoms with Crippen LogP contribution in [0, 0.1) is 11.8 Å². The molecule has 0 atom stereocenters. The Morgan fingerprint density at radius 2 is 1.40 bits per heavy atom. The number of piperidine rings is 2. The summed E-state index contributed by atoms with van der Waals surface area (Å²) in [4.78, 5) is 2.42. The van der Waals surface area contributed by atoms with Crippen molar-refractivity contribution in [1.29, 1.82) is 0 Å². The second kappa shape index (κ2) is 5.26. The van der Waals surface area contributed by atoms with E-state index < -0.39 is 0 Å². The summed E-state index contributed by atoms with van der Waals surface area (Å²) in [5.74, 6) is 1.71. The van der Waals surface area contributed by atoms with E-state index in [0.717, 1.165) is 29.8 Å². The van der Waals surface area contributed by atoms with E-state index in [0.29, 0.717) is 13.1 Å². The Hall–Kier alpha value is -0.150. The first kappa shape index (κ1) is 11.3. The van der Waals surface area contributed by atoms with Crippen LogP contribution >= 0.6 is 0 Å². The summed E-state index contributed by atoms with van der Waals surface area (Å²) in [5, 5.41) is 0.977. The molecule has 2 aliphatic rings. The third-order valence-corrected chi connectivity index (χ3v) is 4.06. The number of nitrogens with zero attached hydrogens (tertiary/aromatic N) is 2. The van der Waals surface area contributed by atoms with Gasteiger partial charge in [-0.15, -0.1) is 9.60 Å². The molecule has 0 aliphatic carbocycles. The van der Waals surface area contributed by atoms with Gasteiger partial charge in [0, 0.05) is 13.1 Å². The first-order valence-corrected chi connectivity index (χ1v) is 6.33. The van der Waals surface area contributed by atoms with Crippen molar-refractivity contribution in [3.05, 3.63) is 0 Å². The summed E-state index contributed by atoms with van der Waals surface area (Å²) in [5.41, 5.74) is 0. The lowest BCUT2D eigenvalue weighted by molar-refractivity contribution is -0.0130. The lowest BCUT2D eigenvalue weighted by Crippen LogP contribution is -2.33. The minimum atomic E-state index is 0.664. The van der Waals surface area contributed by atoms with Crippen LogP contribution in [0.1, 0.15) is 32.1 Å². The highest BCUT2D eigenvalue weighted by atomic mass is 19.2. The van der Waals surface area contributed by atoms with E-state index in [1.807, 2.05) is 0 Å². The van der Waals surface area contributed by atoms with Crippen molar-refractivity contribution in [1.82, 2.24) is 10.0 Å². The van der Waals surface area contributed by atoms with E-state index in [1.165, 1.54) is 32.4 Å². The molecule has 0 amide bonds. The van der Waals surface area contributed by atoms with Crippen molar-refractivity contribution in [3.8, 4) is 0 Å². The standard InChI is InChI=1S/C12H23FN2/c1-14-6-2-11(3-7-14)10-12-4-8-15(13)9-5-12/h11-12H,2-10H2,1H3. The molecule has 2 fully saturated rings. The summed E-state index contributed by atoms with van der Waals surface area (Å²) in [6.07, 6.45) is 6.20. The summed E-state index contributed by atoms with van der Waals surface area (Å²) in [7, 11) is 2.21. The molecular weight excluding hydrogens is 191 g/mol. The molecule has 3 heteroatoms. The number of hydrogen-bond donors (Lipinski definition) is 0. The summed E-state index contributed by atoms with van der Waals surface area (Å²) < 4.78 is 12.8. The summed E-state index contributed by atoms with van der Waals surface area (Å²) in [6, 6.07) is 0. The molecule has 88 valence electrons. The highest BCUT2D eigenvalue weighted by Gasteiger charge is 2.24. The molecular formula is C12H23FN2. The predicted octanol–water partition coefficient (Wildman–Crippen LogP) is 2.31. The third-order valence-electron chi connectivity index (χ3n) is 4.06. The minimum absolute atomic E-state index is 0.664. The van der Waals surface area contributed by atoms with Crippen molar-refractivity contribution in [2.24, 2.45) is 11.8 Å². The second-order valence-electron chi connectivity index (χ2n) is 5.34. The van der Waals surface area contributed by atoms with Crippen molar-refractivity contribution in [2.75, 3.05) is 33.2 Å². The third kappa shape index (κ3) is 3.42. The van der Waals surface area contributed by atoms with Gasteiger partial charge >= 0.3 is 0 Å². The van der Waals surface area contributed by atoms with Gasteiger partial charge in [0.15, 0.2) is 0 Å². The molecule has 0 bridgehead atoms. The van der Waals surface area contributed by atoms with Gasteiger partial charge in [-0.1, -0.05) is 0 Å². The molecule has 0 aromatic rings. The Morgan fingerprint density at radius 3 is 1.93 bits per heavy atom. The maximum absolute atomic E-state index is 12.8. The fraction of sp³-hybridized carbons (Fsp3) is 1.00. The molecule has 0 N–H and O–H groups in total. The second-order valence-corrected chi connectivity index (χ2v) is 5.34. The van der Waals surface area contributed by atoms with Gasteiger partial charge in [0.2, 0.25) is 0 Å². The van der Waals surface area contributed by atoms with E-state index in [4.69, 9.17) is 0 Å². The molecule has 2 aliphatic heterocycles. The average Bonchev–Trinajstić information content (AvgIpc) is 2.25. The largest absolute Gasteiger partial charge is 0.306 e. The first-order valence-electron chi connectivity index (χ1n) is 6.33. The summed E-state index contributed by atoms with van der Waals surface area (Å²) in [6.45, 7) is 3.84. The highest BCUT2D eigenvalue weighted by molar-refractivity contribution is 4.76. The van der Waals surface area contributed by atoms with Crippen molar-refractivity contribution < 1.29 is 4.48 Å². The molecule has 2 heterocycles. The van der Waals surface area contributed by atoms with Gasteiger partial charge in [-0.2, -0.15) is 0 Å². The topological polar surface area (TPSA) is 6.48 Å². The Balaban J connectivity index is 1.68. The van der Waals surface area contributed by atoms with Crippen molar-refractivity contribution in [3.63, 3.8) is 0 Å². The van der Waals surface area contributed by atoms with Crippen LogP contribution in [0.3, 0.4) is 0 Å². The van der Waals surface area contributed by atoms with E-state index in [1.54, 1.807) is 0 Å². The Labute approximate surface area is 92.4 Å². The average molecular weight is 214 g/mol. The van der Waals surface area contributed by atoms with Crippen LogP contribution in [-0.2, 0) is 0 Å². The quantitative estimate of drug-likeness (QED) is 0.651. The maximum atomic E-state index is 12.8. The maximum Gasteiger partial charge on any atom is 0.0293 e. The zero-order valence-electron chi connectivity index (χ0n) is 9.79. The molecule has 15 heavy (non-hydrogen) atoms. The monoisotopic (exact) mass is 214 g/mol. The van der Waals surface area contributed by atoms with Crippen molar-refractivity contribution in [2.45, 2.75) is 32.1 Å². The number of rotatable bonds is 2. The molecule has 0 unspecified atom stereocenters. The summed E-state index contributed by atoms with van der Waals surface area (Å²) >= 11 is 0. The lowest BCUT2D eigenvalue weighted by Gasteiger charge is -2.33. The van der Waals surface area contributed by atoms with Gasteiger partial charge in [0.1, 0.15) is 0 Å². The normalized spacial score (nSPS) is 28.4. The Bertz CT molecular complexity index is 162. The highest BCUT2D eigenvalue weighted by Crippen LogP contribution is 2.29. The van der Waals surface area contributed by atoms with Crippen LogP contribution in [0.5, 0.6) is 0 Å². The minimum Gasteiger partial charge on any atom is -0.306 e. The van der Waals surface area contributed by atoms with E-state index in [2.05, 4.69) is 11.9 Å². The predicted molar refractivity (Wildman–Crippen MR) is 60.2 cm³/mol. The van der Waals surface area contributed by atoms with Crippen LogP contribution in [0.2, 0.25) is 0 Å². The zero-order chi connectivity index (χ0) is 10.7. The SMILES string of the molecule is CN1CCC(CC2CCN(F)CC2)CC1. The molecule has 0 aromatic carbocycles. The zero-order valence-corrected chi connectivity index (χ0v) is 9.79. The number of halogens is 1. The van der Waals surface area contributed by atoms with E-state index in [-0.39, 0.29) is 0 Å². The van der Waals surface area contributed by atoms with Crippen LogP contribution in [0.25, 0.3) is 0 Å². The molecule has 2 saturated heterocycles. The van der Waals surface area contributed by atoms with Gasteiger partial charge in [-0.3, -0.25) is 0 Å². The fourth-order valence-corrected chi connectivity index (χ4v) is 2.91. The molecule has 2 nitrogen and oxygen atoms in total. The van der Waals surface area contributed by atoms with E-state index in [9.17, 15) is 4.48 Å². The molecule has 0 spiro atoms. The number of likely N-dealkylation sites (tertiary alicyclic amines) is 1. The molecule has 0 saturated carbocycles. The van der Waals surface area contributed by atoms with Crippen LogP contribution in [0.15, 0.2) is 0 Å². The Kier molecular flexibility index (Phi) is 3.98. The van der Waals surface area contributed by atoms with Crippen LogP contribution < -0.4 is 0 Å². The van der Waals surface area contributed by atoms with Crippen LogP contribution in [0.4, 0.5) is 4.48 Å². The van der Waals surface area contributed by atoms with Gasteiger partial charge < -0.3 is 4.90 Å². The van der Waals surface area contributed by atoms with Gasteiger partial charge in [0.25, 0.3) is 0 Å².